The highest BCUT2D eigenvalue weighted by Crippen LogP contribution is 2.32. The molecule has 8 heteroatoms. The number of nitrogens with zero attached hydrogens (tertiary/aromatic N) is 1. The Kier molecular flexibility index (Phi) is 6.58. The van der Waals surface area contributed by atoms with E-state index in [1.54, 1.807) is 18.3 Å². The zero-order chi connectivity index (χ0) is 20.8. The molecule has 0 saturated heterocycles. The fourth-order valence-electron chi connectivity index (χ4n) is 2.99. The summed E-state index contributed by atoms with van der Waals surface area (Å²) in [5, 5.41) is 19.2. The van der Waals surface area contributed by atoms with E-state index in [0.29, 0.717) is 11.3 Å². The van der Waals surface area contributed by atoms with Crippen LogP contribution in [0.4, 0.5) is 11.4 Å². The van der Waals surface area contributed by atoms with Crippen LogP contribution in [-0.2, 0) is 4.79 Å². The van der Waals surface area contributed by atoms with Crippen LogP contribution < -0.4 is 15.4 Å². The van der Waals surface area contributed by atoms with Crippen molar-refractivity contribution in [3.05, 3.63) is 86.1 Å². The monoisotopic (exact) mass is 411 g/mol. The van der Waals surface area contributed by atoms with Crippen molar-refractivity contribution in [3.63, 3.8) is 0 Å². The summed E-state index contributed by atoms with van der Waals surface area (Å²) in [5.74, 6) is -0.147. The number of anilines is 1. The minimum Gasteiger partial charge on any atom is -0.490 e. The van der Waals surface area contributed by atoms with Crippen molar-refractivity contribution >= 4 is 28.6 Å². The number of carbonyl (C=O) groups is 1. The Hall–Kier alpha value is -3.23. The maximum absolute atomic E-state index is 12.5. The molecular weight excluding hydrogens is 390 g/mol. The van der Waals surface area contributed by atoms with E-state index in [1.165, 1.54) is 19.2 Å². The van der Waals surface area contributed by atoms with Gasteiger partial charge in [-0.1, -0.05) is 36.4 Å². The smallest absolute Gasteiger partial charge is 0.311 e. The van der Waals surface area contributed by atoms with E-state index >= 15 is 0 Å². The molecule has 0 spiro atoms. The summed E-state index contributed by atoms with van der Waals surface area (Å²) in [6.45, 7) is 1.78. The molecule has 29 heavy (non-hydrogen) atoms. The highest BCUT2D eigenvalue weighted by Gasteiger charge is 2.19. The number of ether oxygens (including phenoxy) is 1. The summed E-state index contributed by atoms with van der Waals surface area (Å²) < 4.78 is 5.08. The summed E-state index contributed by atoms with van der Waals surface area (Å²) in [6, 6.07) is 16.7. The molecular formula is C21H21N3O4S. The molecule has 2 N–H and O–H groups in total. The second kappa shape index (κ2) is 9.31. The lowest BCUT2D eigenvalue weighted by molar-refractivity contribution is -0.385. The quantitative estimate of drug-likeness (QED) is 0.426. The predicted octanol–water partition coefficient (Wildman–Crippen LogP) is 4.29. The molecule has 0 unspecified atom stereocenters. The van der Waals surface area contributed by atoms with Gasteiger partial charge in [-0.2, -0.15) is 0 Å². The minimum atomic E-state index is -0.509. The van der Waals surface area contributed by atoms with Gasteiger partial charge in [0.05, 0.1) is 24.6 Å². The van der Waals surface area contributed by atoms with Gasteiger partial charge >= 0.3 is 5.69 Å². The Bertz CT molecular complexity index is 991. The van der Waals surface area contributed by atoms with E-state index in [2.05, 4.69) is 10.6 Å². The molecule has 2 aromatic carbocycles. The van der Waals surface area contributed by atoms with Crippen molar-refractivity contribution < 1.29 is 14.5 Å². The number of amides is 1. The van der Waals surface area contributed by atoms with Crippen molar-refractivity contribution in [1.29, 1.82) is 0 Å². The van der Waals surface area contributed by atoms with Gasteiger partial charge in [0.25, 0.3) is 0 Å². The number of nitro benzene ring substituents is 1. The number of aryl methyl sites for hydroxylation is 1. The topological polar surface area (TPSA) is 93.5 Å². The van der Waals surface area contributed by atoms with Gasteiger partial charge in [0, 0.05) is 22.7 Å². The van der Waals surface area contributed by atoms with Crippen molar-refractivity contribution in [3.8, 4) is 5.75 Å². The van der Waals surface area contributed by atoms with Gasteiger partial charge in [-0.25, -0.2) is 0 Å². The fraction of sp³-hybridized carbons (Fsp3) is 0.190. The lowest BCUT2D eigenvalue weighted by Crippen LogP contribution is -2.31. The number of thiophene rings is 1. The highest BCUT2D eigenvalue weighted by molar-refractivity contribution is 7.10. The highest BCUT2D eigenvalue weighted by atomic mass is 32.1. The average Bonchev–Trinajstić information content (AvgIpc) is 3.24. The Balaban J connectivity index is 1.72. The van der Waals surface area contributed by atoms with Gasteiger partial charge in [0.2, 0.25) is 5.91 Å². The zero-order valence-electron chi connectivity index (χ0n) is 16.0. The van der Waals surface area contributed by atoms with Crippen LogP contribution in [0.15, 0.2) is 60.0 Å². The molecule has 1 amide bonds. The van der Waals surface area contributed by atoms with Gasteiger partial charge in [-0.15, -0.1) is 11.3 Å². The molecule has 150 valence electrons. The second-order valence-electron chi connectivity index (χ2n) is 6.38. The molecule has 1 aromatic heterocycles. The van der Waals surface area contributed by atoms with Gasteiger partial charge < -0.3 is 10.1 Å². The normalized spacial score (nSPS) is 11.7. The third-order valence-electron chi connectivity index (χ3n) is 4.42. The van der Waals surface area contributed by atoms with Crippen molar-refractivity contribution in [2.24, 2.45) is 0 Å². The molecule has 1 heterocycles. The number of carbonyl (C=O) groups excluding carboxylic acids is 1. The third kappa shape index (κ3) is 4.98. The van der Waals surface area contributed by atoms with Gasteiger partial charge in [-0.3, -0.25) is 20.2 Å². The first-order chi connectivity index (χ1) is 14.0. The maximum Gasteiger partial charge on any atom is 0.311 e. The van der Waals surface area contributed by atoms with Crippen molar-refractivity contribution in [2.45, 2.75) is 13.0 Å². The Labute approximate surface area is 172 Å². The number of methoxy groups -OCH3 is 1. The van der Waals surface area contributed by atoms with Crippen LogP contribution in [0.3, 0.4) is 0 Å². The van der Waals surface area contributed by atoms with Crippen molar-refractivity contribution in [1.82, 2.24) is 5.32 Å². The van der Waals surface area contributed by atoms with Crippen LogP contribution >= 0.6 is 11.3 Å². The van der Waals surface area contributed by atoms with E-state index in [0.717, 1.165) is 10.4 Å². The standard InChI is InChI=1S/C21H21N3O4S/c1-14-11-17(24(26)27)18(28-2)12-16(14)23-20(25)13-22-21(19-9-6-10-29-19)15-7-4-3-5-8-15/h3-12,21-22H,13H2,1-2H3,(H,23,25)/t21-/m1/s1. The Morgan fingerprint density at radius 3 is 2.59 bits per heavy atom. The van der Waals surface area contributed by atoms with Crippen LogP contribution in [0.25, 0.3) is 0 Å². The predicted molar refractivity (Wildman–Crippen MR) is 114 cm³/mol. The molecule has 0 aliphatic carbocycles. The zero-order valence-corrected chi connectivity index (χ0v) is 16.9. The van der Waals surface area contributed by atoms with Gasteiger partial charge in [0.1, 0.15) is 0 Å². The van der Waals surface area contributed by atoms with E-state index in [-0.39, 0.29) is 29.9 Å². The molecule has 3 aromatic rings. The molecule has 0 aliphatic rings. The van der Waals surface area contributed by atoms with E-state index in [9.17, 15) is 14.9 Å². The molecule has 1 atom stereocenters. The second-order valence-corrected chi connectivity index (χ2v) is 7.36. The first-order valence-electron chi connectivity index (χ1n) is 8.94. The summed E-state index contributed by atoms with van der Waals surface area (Å²) >= 11 is 1.62. The third-order valence-corrected chi connectivity index (χ3v) is 5.36. The lowest BCUT2D eigenvalue weighted by atomic mass is 10.1. The first kappa shape index (κ1) is 20.5. The lowest BCUT2D eigenvalue weighted by Gasteiger charge is -2.18. The van der Waals surface area contributed by atoms with Crippen molar-refractivity contribution in [2.75, 3.05) is 19.0 Å². The van der Waals surface area contributed by atoms with E-state index in [1.807, 2.05) is 47.8 Å². The number of nitro groups is 1. The number of hydrogen-bond acceptors (Lipinski definition) is 6. The number of nitrogens with one attached hydrogen (secondary N) is 2. The van der Waals surface area contributed by atoms with Crippen LogP contribution in [0, 0.1) is 17.0 Å². The fourth-order valence-corrected chi connectivity index (χ4v) is 3.81. The van der Waals surface area contributed by atoms with Crippen LogP contribution in [-0.4, -0.2) is 24.5 Å². The Morgan fingerprint density at radius 1 is 1.21 bits per heavy atom. The van der Waals surface area contributed by atoms with Crippen LogP contribution in [0.2, 0.25) is 0 Å². The molecule has 0 saturated carbocycles. The number of benzene rings is 2. The SMILES string of the molecule is COc1cc(NC(=O)CN[C@H](c2ccccc2)c2cccs2)c(C)cc1[N+](=O)[O-]. The molecule has 7 nitrogen and oxygen atoms in total. The van der Waals surface area contributed by atoms with E-state index in [4.69, 9.17) is 4.74 Å². The van der Waals surface area contributed by atoms with Crippen LogP contribution in [0.1, 0.15) is 22.0 Å². The minimum absolute atomic E-state index is 0.0796. The molecule has 0 aliphatic heterocycles. The summed E-state index contributed by atoms with van der Waals surface area (Å²) in [4.78, 5) is 24.3. The summed E-state index contributed by atoms with van der Waals surface area (Å²) in [6.07, 6.45) is 0. The first-order valence-corrected chi connectivity index (χ1v) is 9.82. The Morgan fingerprint density at radius 2 is 1.97 bits per heavy atom. The maximum atomic E-state index is 12.5. The number of hydrogen-bond donors (Lipinski definition) is 2. The average molecular weight is 411 g/mol. The molecule has 0 radical (unpaired) electrons. The number of rotatable bonds is 8. The van der Waals surface area contributed by atoms with E-state index < -0.39 is 4.92 Å². The molecule has 0 bridgehead atoms. The molecule has 3 rings (SSSR count). The van der Waals surface area contributed by atoms with Gasteiger partial charge in [0.15, 0.2) is 5.75 Å². The summed E-state index contributed by atoms with van der Waals surface area (Å²) in [5.41, 5.74) is 1.99. The molecule has 0 fully saturated rings. The van der Waals surface area contributed by atoms with Gasteiger partial charge in [-0.05, 0) is 29.5 Å². The summed E-state index contributed by atoms with van der Waals surface area (Å²) in [7, 11) is 1.36. The largest absolute Gasteiger partial charge is 0.490 e. The van der Waals surface area contributed by atoms with Crippen LogP contribution in [0.5, 0.6) is 5.75 Å².